The molecule has 3 aromatic carbocycles. The average molecular weight is 533 g/mol. The van der Waals surface area contributed by atoms with Crippen molar-refractivity contribution in [3.63, 3.8) is 0 Å². The third kappa shape index (κ3) is 5.40. The topological polar surface area (TPSA) is 83.4 Å². The molecule has 0 aromatic heterocycles. The van der Waals surface area contributed by atoms with Crippen LogP contribution >= 0.6 is 23.4 Å². The molecule has 2 aliphatic rings. The Morgan fingerprint density at radius 1 is 1.05 bits per heavy atom. The number of para-hydroxylation sites is 2. The monoisotopic (exact) mass is 532 g/mol. The molecule has 37 heavy (non-hydrogen) atoms. The first-order valence-corrected chi connectivity index (χ1v) is 13.3. The van der Waals surface area contributed by atoms with E-state index in [0.717, 1.165) is 28.1 Å². The van der Waals surface area contributed by atoms with E-state index in [1.807, 2.05) is 72.8 Å². The Balaban J connectivity index is 1.28. The highest BCUT2D eigenvalue weighted by atomic mass is 35.5. The first kappa shape index (κ1) is 25.0. The van der Waals surface area contributed by atoms with Gasteiger partial charge in [-0.1, -0.05) is 71.9 Å². The molecule has 7 nitrogen and oxygen atoms in total. The average Bonchev–Trinajstić information content (AvgIpc) is 3.26. The number of nitrogens with one attached hydrogen (secondary N) is 1. The quantitative estimate of drug-likeness (QED) is 0.424. The highest BCUT2D eigenvalue weighted by Crippen LogP contribution is 2.35. The number of methoxy groups -OCH3 is 1. The van der Waals surface area contributed by atoms with Crippen LogP contribution < -0.4 is 10.1 Å². The maximum atomic E-state index is 13.5. The lowest BCUT2D eigenvalue weighted by atomic mass is 10.1. The number of carbonyl (C=O) groups excluding carboxylic acids is 2. The number of carbonyl (C=O) groups is 2. The van der Waals surface area contributed by atoms with Crippen molar-refractivity contribution in [1.29, 1.82) is 0 Å². The van der Waals surface area contributed by atoms with Gasteiger partial charge in [0, 0.05) is 34.9 Å². The fourth-order valence-corrected chi connectivity index (χ4v) is 5.53. The van der Waals surface area contributed by atoms with Crippen molar-refractivity contribution < 1.29 is 14.3 Å². The summed E-state index contributed by atoms with van der Waals surface area (Å²) >= 11 is 7.78. The summed E-state index contributed by atoms with van der Waals surface area (Å²) < 4.78 is 5.34. The minimum atomic E-state index is -0.649. The summed E-state index contributed by atoms with van der Waals surface area (Å²) in [6, 6.07) is 22.1. The number of rotatable bonds is 8. The number of hydrogen-bond acceptors (Lipinski definition) is 6. The summed E-state index contributed by atoms with van der Waals surface area (Å²) in [6.07, 6.45) is 0.484. The first-order chi connectivity index (χ1) is 18.0. The number of benzene rings is 3. The summed E-state index contributed by atoms with van der Waals surface area (Å²) in [5.74, 6) is 1.54. The molecule has 0 fully saturated rings. The van der Waals surface area contributed by atoms with Crippen LogP contribution in [0.4, 0.5) is 5.69 Å². The molecule has 2 aliphatic heterocycles. The molecule has 0 unspecified atom stereocenters. The molecule has 0 aliphatic carbocycles. The van der Waals surface area contributed by atoms with Crippen molar-refractivity contribution in [3.05, 3.63) is 94.5 Å². The van der Waals surface area contributed by atoms with Gasteiger partial charge in [-0.15, -0.1) is 0 Å². The summed E-state index contributed by atoms with van der Waals surface area (Å²) in [7, 11) is 1.60. The Kier molecular flexibility index (Phi) is 7.58. The van der Waals surface area contributed by atoms with E-state index < -0.39 is 6.04 Å². The molecule has 1 N–H and O–H groups in total. The predicted molar refractivity (Wildman–Crippen MR) is 148 cm³/mol. The molecule has 0 bridgehead atoms. The van der Waals surface area contributed by atoms with Crippen LogP contribution in [-0.4, -0.2) is 40.9 Å². The minimum absolute atomic E-state index is 0.147. The molecule has 1 atom stereocenters. The Hall–Kier alpha value is -3.62. The molecule has 0 saturated carbocycles. The fraction of sp³-hybridized carbons (Fsp3) is 0.214. The molecule has 3 aromatic rings. The van der Waals surface area contributed by atoms with E-state index in [4.69, 9.17) is 26.3 Å². The minimum Gasteiger partial charge on any atom is -0.496 e. The van der Waals surface area contributed by atoms with E-state index >= 15 is 0 Å². The number of hydrogen-bond donors (Lipinski definition) is 1. The Morgan fingerprint density at radius 3 is 2.59 bits per heavy atom. The summed E-state index contributed by atoms with van der Waals surface area (Å²) in [5, 5.41) is 4.14. The molecule has 5 rings (SSSR count). The van der Waals surface area contributed by atoms with Crippen LogP contribution in [0.1, 0.15) is 29.5 Å². The maximum Gasteiger partial charge on any atom is 0.259 e. The van der Waals surface area contributed by atoms with Gasteiger partial charge in [0.1, 0.15) is 17.6 Å². The van der Waals surface area contributed by atoms with Gasteiger partial charge in [0.25, 0.3) is 5.91 Å². The zero-order chi connectivity index (χ0) is 25.8. The van der Waals surface area contributed by atoms with Gasteiger partial charge in [0.05, 0.1) is 12.8 Å². The van der Waals surface area contributed by atoms with Gasteiger partial charge < -0.3 is 10.1 Å². The van der Waals surface area contributed by atoms with E-state index in [1.165, 1.54) is 11.8 Å². The number of amides is 2. The maximum absolute atomic E-state index is 13.5. The van der Waals surface area contributed by atoms with Gasteiger partial charge in [-0.2, -0.15) is 0 Å². The molecular formula is C28H25ClN4O3S. The van der Waals surface area contributed by atoms with E-state index in [9.17, 15) is 9.59 Å². The third-order valence-electron chi connectivity index (χ3n) is 6.18. The van der Waals surface area contributed by atoms with Crippen LogP contribution in [0.25, 0.3) is 0 Å². The highest BCUT2D eigenvalue weighted by Gasteiger charge is 2.41. The molecule has 2 heterocycles. The van der Waals surface area contributed by atoms with Crippen molar-refractivity contribution in [3.8, 4) is 5.75 Å². The van der Waals surface area contributed by atoms with E-state index in [-0.39, 0.29) is 18.2 Å². The second-order valence-corrected chi connectivity index (χ2v) is 9.91. The molecule has 2 amide bonds. The van der Waals surface area contributed by atoms with Gasteiger partial charge in [-0.3, -0.25) is 14.6 Å². The number of amidine groups is 2. The van der Waals surface area contributed by atoms with Crippen molar-refractivity contribution in [1.82, 2.24) is 10.2 Å². The molecule has 9 heteroatoms. The molecular weight excluding hydrogens is 508 g/mol. The van der Waals surface area contributed by atoms with E-state index in [2.05, 4.69) is 5.32 Å². The van der Waals surface area contributed by atoms with Gasteiger partial charge in [0.15, 0.2) is 5.17 Å². The zero-order valence-electron chi connectivity index (χ0n) is 20.2. The van der Waals surface area contributed by atoms with Gasteiger partial charge in [0.2, 0.25) is 5.91 Å². The molecule has 0 radical (unpaired) electrons. The van der Waals surface area contributed by atoms with Crippen LogP contribution in [0.2, 0.25) is 5.02 Å². The Labute approximate surface area is 224 Å². The van der Waals surface area contributed by atoms with Crippen LogP contribution in [0.5, 0.6) is 5.75 Å². The third-order valence-corrected chi connectivity index (χ3v) is 7.53. The number of nitrogens with zero attached hydrogens (tertiary/aromatic N) is 3. The second-order valence-electron chi connectivity index (χ2n) is 8.56. The highest BCUT2D eigenvalue weighted by molar-refractivity contribution is 8.13. The van der Waals surface area contributed by atoms with Crippen LogP contribution in [0, 0.1) is 0 Å². The van der Waals surface area contributed by atoms with Crippen molar-refractivity contribution in [2.24, 2.45) is 9.98 Å². The number of fused-ring (bicyclic) bond motifs is 3. The smallest absolute Gasteiger partial charge is 0.259 e. The number of halogens is 1. The lowest BCUT2D eigenvalue weighted by Crippen LogP contribution is -2.41. The van der Waals surface area contributed by atoms with E-state index in [0.29, 0.717) is 34.7 Å². The van der Waals surface area contributed by atoms with Gasteiger partial charge >= 0.3 is 0 Å². The molecule has 0 spiro atoms. The van der Waals surface area contributed by atoms with Gasteiger partial charge in [-0.05, 0) is 36.2 Å². The lowest BCUT2D eigenvalue weighted by Gasteiger charge is -2.25. The summed E-state index contributed by atoms with van der Waals surface area (Å²) in [4.78, 5) is 37.1. The van der Waals surface area contributed by atoms with Crippen LogP contribution in [-0.2, 0) is 21.9 Å². The Morgan fingerprint density at radius 2 is 1.78 bits per heavy atom. The van der Waals surface area contributed by atoms with Crippen molar-refractivity contribution in [2.45, 2.75) is 31.2 Å². The first-order valence-electron chi connectivity index (χ1n) is 11.9. The van der Waals surface area contributed by atoms with Crippen LogP contribution in [0.3, 0.4) is 0 Å². The largest absolute Gasteiger partial charge is 0.496 e. The number of thioether (sulfide) groups is 1. The van der Waals surface area contributed by atoms with Gasteiger partial charge in [-0.25, -0.2) is 9.89 Å². The van der Waals surface area contributed by atoms with E-state index in [1.54, 1.807) is 12.0 Å². The standard InChI is InChI=1S/C28H25ClN4O3S/c1-36-24-13-7-3-8-18(24)16-30-25(34)15-14-23-27(35)33-26(31-23)20-10-4-6-12-22(20)32-28(33)37-17-19-9-2-5-11-21(19)29/h2-13,23H,14-17H2,1H3,(H,30,34)/t23-/m1/s1. The second kappa shape index (κ2) is 11.2. The number of ether oxygens (including phenoxy) is 1. The van der Waals surface area contributed by atoms with Crippen LogP contribution in [0.15, 0.2) is 82.8 Å². The Bertz CT molecular complexity index is 1410. The summed E-state index contributed by atoms with van der Waals surface area (Å²) in [6.45, 7) is 0.352. The lowest BCUT2D eigenvalue weighted by molar-refractivity contribution is -0.125. The molecule has 0 saturated heterocycles. The van der Waals surface area contributed by atoms with Crippen molar-refractivity contribution in [2.75, 3.05) is 7.11 Å². The fourth-order valence-electron chi connectivity index (χ4n) is 4.24. The molecule has 188 valence electrons. The SMILES string of the molecule is COc1ccccc1CNC(=O)CC[C@H]1N=C2c3ccccc3N=C(SCc3ccccc3Cl)N2C1=O. The summed E-state index contributed by atoms with van der Waals surface area (Å²) in [5.41, 5.74) is 3.42. The number of aliphatic imine (C=N–C) groups is 2. The predicted octanol–water partition coefficient (Wildman–Crippen LogP) is 5.34. The van der Waals surface area contributed by atoms with Crippen molar-refractivity contribution >= 4 is 51.9 Å². The zero-order valence-corrected chi connectivity index (χ0v) is 21.8. The normalized spacial score (nSPS) is 16.0.